The highest BCUT2D eigenvalue weighted by Crippen LogP contribution is 2.30. The van der Waals surface area contributed by atoms with E-state index in [1.54, 1.807) is 18.5 Å². The van der Waals surface area contributed by atoms with E-state index in [0.717, 1.165) is 11.8 Å². The molecule has 3 rings (SSSR count). The van der Waals surface area contributed by atoms with Gasteiger partial charge >= 0.3 is 5.69 Å². The lowest BCUT2D eigenvalue weighted by Crippen LogP contribution is -1.93. The van der Waals surface area contributed by atoms with Crippen molar-refractivity contribution in [2.75, 3.05) is 0 Å². The topological polar surface area (TPSA) is 99.1 Å². The maximum Gasteiger partial charge on any atom is 0.301 e. The molecule has 0 amide bonds. The molecule has 3 aromatic heterocycles. The predicted molar refractivity (Wildman–Crippen MR) is 65.8 cm³/mol. The minimum Gasteiger partial charge on any atom is -0.258 e. The zero-order chi connectivity index (χ0) is 13.2. The first-order valence-electron chi connectivity index (χ1n) is 5.19. The predicted octanol–water partition coefficient (Wildman–Crippen LogP) is 1.58. The normalized spacial score (nSPS) is 10.7. The molecule has 0 saturated heterocycles. The second-order valence-corrected chi connectivity index (χ2v) is 4.40. The van der Waals surface area contributed by atoms with Gasteiger partial charge in [0, 0.05) is 24.7 Å². The molecule has 0 saturated carbocycles. The number of nitrogens with zero attached hydrogens (tertiary/aromatic N) is 6. The average molecular weight is 274 g/mol. The van der Waals surface area contributed by atoms with Crippen LogP contribution < -0.4 is 0 Å². The summed E-state index contributed by atoms with van der Waals surface area (Å²) in [6.45, 7) is 0. The van der Waals surface area contributed by atoms with Crippen LogP contribution in [0.5, 0.6) is 0 Å². The molecule has 0 aliphatic carbocycles. The molecule has 0 bridgehead atoms. The SMILES string of the molecule is O=[N+]([O-])c1cccnc1Sc1nc2ncccn2n1. The van der Waals surface area contributed by atoms with Crippen LogP contribution in [0.1, 0.15) is 0 Å². The first-order valence-corrected chi connectivity index (χ1v) is 6.00. The molecule has 0 fully saturated rings. The highest BCUT2D eigenvalue weighted by molar-refractivity contribution is 7.99. The van der Waals surface area contributed by atoms with Gasteiger partial charge in [0.15, 0.2) is 5.03 Å². The molecule has 9 heteroatoms. The van der Waals surface area contributed by atoms with Gasteiger partial charge in [0.25, 0.3) is 5.78 Å². The summed E-state index contributed by atoms with van der Waals surface area (Å²) in [5.41, 5.74) is -0.0701. The van der Waals surface area contributed by atoms with Gasteiger partial charge in [-0.25, -0.2) is 14.5 Å². The van der Waals surface area contributed by atoms with Gasteiger partial charge in [0.05, 0.1) is 4.92 Å². The Balaban J connectivity index is 1.99. The van der Waals surface area contributed by atoms with E-state index in [9.17, 15) is 10.1 Å². The van der Waals surface area contributed by atoms with Crippen LogP contribution in [-0.4, -0.2) is 29.5 Å². The van der Waals surface area contributed by atoms with Crippen LogP contribution in [-0.2, 0) is 0 Å². The Kier molecular flexibility index (Phi) is 2.80. The first kappa shape index (κ1) is 11.5. The van der Waals surface area contributed by atoms with Crippen molar-refractivity contribution < 1.29 is 4.92 Å². The number of hydrogen-bond donors (Lipinski definition) is 0. The lowest BCUT2D eigenvalue weighted by molar-refractivity contribution is -0.388. The van der Waals surface area contributed by atoms with Gasteiger partial charge in [0.2, 0.25) is 5.16 Å². The van der Waals surface area contributed by atoms with Crippen LogP contribution in [0.2, 0.25) is 0 Å². The molecular weight excluding hydrogens is 268 g/mol. The molecule has 94 valence electrons. The molecule has 8 nitrogen and oxygen atoms in total. The third kappa shape index (κ3) is 2.22. The van der Waals surface area contributed by atoms with Gasteiger partial charge < -0.3 is 0 Å². The third-order valence-corrected chi connectivity index (χ3v) is 3.10. The summed E-state index contributed by atoms with van der Waals surface area (Å²) >= 11 is 1.03. The number of hydrogen-bond acceptors (Lipinski definition) is 7. The van der Waals surface area contributed by atoms with Crippen molar-refractivity contribution in [2.24, 2.45) is 0 Å². The van der Waals surface area contributed by atoms with E-state index in [-0.39, 0.29) is 10.7 Å². The van der Waals surface area contributed by atoms with E-state index in [0.29, 0.717) is 10.9 Å². The smallest absolute Gasteiger partial charge is 0.258 e. The number of aromatic nitrogens is 5. The fraction of sp³-hybridized carbons (Fsp3) is 0. The van der Waals surface area contributed by atoms with Crippen molar-refractivity contribution in [3.8, 4) is 0 Å². The molecule has 0 atom stereocenters. The second-order valence-electron chi connectivity index (χ2n) is 3.45. The molecule has 19 heavy (non-hydrogen) atoms. The molecular formula is C10H6N6O2S. The van der Waals surface area contributed by atoms with Crippen LogP contribution in [0.3, 0.4) is 0 Å². The second kappa shape index (κ2) is 4.61. The van der Waals surface area contributed by atoms with Crippen molar-refractivity contribution in [3.63, 3.8) is 0 Å². The highest BCUT2D eigenvalue weighted by Gasteiger charge is 2.17. The Morgan fingerprint density at radius 3 is 2.89 bits per heavy atom. The molecule has 0 aromatic carbocycles. The Bertz CT molecular complexity index is 725. The standard InChI is InChI=1S/C10H6N6O2S/c17-16(18)7-3-1-4-11-8(7)19-10-13-9-12-5-2-6-15(9)14-10/h1-6H. The summed E-state index contributed by atoms with van der Waals surface area (Å²) in [7, 11) is 0. The fourth-order valence-electron chi connectivity index (χ4n) is 1.44. The number of nitro groups is 1. The summed E-state index contributed by atoms with van der Waals surface area (Å²) in [6, 6.07) is 4.63. The fourth-order valence-corrected chi connectivity index (χ4v) is 2.23. The molecule has 0 aliphatic heterocycles. The molecule has 3 heterocycles. The van der Waals surface area contributed by atoms with Gasteiger partial charge in [-0.1, -0.05) is 0 Å². The summed E-state index contributed by atoms with van der Waals surface area (Å²) in [5, 5.41) is 15.6. The van der Waals surface area contributed by atoms with Gasteiger partial charge in [-0.15, -0.1) is 5.10 Å². The maximum absolute atomic E-state index is 10.9. The molecule has 0 aliphatic rings. The van der Waals surface area contributed by atoms with E-state index >= 15 is 0 Å². The molecule has 0 radical (unpaired) electrons. The molecule has 0 unspecified atom stereocenters. The lowest BCUT2D eigenvalue weighted by Gasteiger charge is -1.96. The number of fused-ring (bicyclic) bond motifs is 1. The highest BCUT2D eigenvalue weighted by atomic mass is 32.2. The third-order valence-electron chi connectivity index (χ3n) is 2.23. The minimum atomic E-state index is -0.483. The monoisotopic (exact) mass is 274 g/mol. The zero-order valence-electron chi connectivity index (χ0n) is 9.37. The van der Waals surface area contributed by atoms with E-state index in [4.69, 9.17) is 0 Å². The Morgan fingerprint density at radius 1 is 1.26 bits per heavy atom. The van der Waals surface area contributed by atoms with Crippen molar-refractivity contribution in [2.45, 2.75) is 10.2 Å². The molecule has 0 N–H and O–H groups in total. The maximum atomic E-state index is 10.9. The minimum absolute atomic E-state index is 0.0701. The zero-order valence-corrected chi connectivity index (χ0v) is 10.2. The first-order chi connectivity index (χ1) is 9.24. The van der Waals surface area contributed by atoms with E-state index in [1.165, 1.54) is 22.8 Å². The quantitative estimate of drug-likeness (QED) is 0.528. The van der Waals surface area contributed by atoms with Crippen LogP contribution in [0.25, 0.3) is 5.78 Å². The largest absolute Gasteiger partial charge is 0.301 e. The summed E-state index contributed by atoms with van der Waals surface area (Å²) in [4.78, 5) is 22.5. The van der Waals surface area contributed by atoms with Gasteiger partial charge in [0.1, 0.15) is 0 Å². The Hall–Kier alpha value is -2.55. The van der Waals surface area contributed by atoms with Gasteiger partial charge in [-0.2, -0.15) is 4.98 Å². The van der Waals surface area contributed by atoms with Crippen molar-refractivity contribution in [1.29, 1.82) is 0 Å². The van der Waals surface area contributed by atoms with Crippen LogP contribution in [0.4, 0.5) is 5.69 Å². The number of pyridine rings is 1. The van der Waals surface area contributed by atoms with E-state index in [2.05, 4.69) is 20.1 Å². The van der Waals surface area contributed by atoms with Crippen LogP contribution in [0.15, 0.2) is 47.0 Å². The van der Waals surface area contributed by atoms with Gasteiger partial charge in [-0.05, 0) is 23.9 Å². The Labute approximate surface area is 110 Å². The summed E-state index contributed by atoms with van der Waals surface area (Å²) in [6.07, 6.45) is 4.79. The lowest BCUT2D eigenvalue weighted by atomic mass is 10.4. The molecule has 3 aromatic rings. The van der Waals surface area contributed by atoms with Crippen molar-refractivity contribution in [1.82, 2.24) is 24.6 Å². The van der Waals surface area contributed by atoms with E-state index < -0.39 is 4.92 Å². The van der Waals surface area contributed by atoms with Crippen LogP contribution in [0, 0.1) is 10.1 Å². The average Bonchev–Trinajstić information content (AvgIpc) is 2.81. The molecule has 0 spiro atoms. The van der Waals surface area contributed by atoms with Crippen molar-refractivity contribution >= 4 is 23.2 Å². The number of rotatable bonds is 3. The summed E-state index contributed by atoms with van der Waals surface area (Å²) < 4.78 is 1.50. The van der Waals surface area contributed by atoms with E-state index in [1.807, 2.05) is 0 Å². The van der Waals surface area contributed by atoms with Crippen molar-refractivity contribution in [3.05, 3.63) is 46.9 Å². The Morgan fingerprint density at radius 2 is 2.11 bits per heavy atom. The van der Waals surface area contributed by atoms with Crippen LogP contribution >= 0.6 is 11.8 Å². The van der Waals surface area contributed by atoms with Gasteiger partial charge in [-0.3, -0.25) is 10.1 Å². The summed E-state index contributed by atoms with van der Waals surface area (Å²) in [5.74, 6) is 0.434.